The Labute approximate surface area is 204 Å². The molecule has 1 fully saturated rings. The van der Waals surface area contributed by atoms with E-state index < -0.39 is 23.4 Å². The quantitative estimate of drug-likeness (QED) is 0.321. The van der Waals surface area contributed by atoms with E-state index in [9.17, 15) is 13.6 Å². The molecule has 1 saturated carbocycles. The Morgan fingerprint density at radius 1 is 1.29 bits per heavy atom. The zero-order chi connectivity index (χ0) is 24.8. The van der Waals surface area contributed by atoms with Gasteiger partial charge in [0, 0.05) is 23.4 Å². The maximum atomic E-state index is 14.3. The monoisotopic (exact) mass is 501 g/mol. The Kier molecular flexibility index (Phi) is 7.93. The van der Waals surface area contributed by atoms with Gasteiger partial charge < -0.3 is 16.2 Å². The zero-order valence-corrected chi connectivity index (χ0v) is 19.6. The maximum absolute atomic E-state index is 14.3. The number of amides is 1. The number of hydrogen-bond acceptors (Lipinski definition) is 8. The largest absolute Gasteiger partial charge is 0.395 e. The summed E-state index contributed by atoms with van der Waals surface area (Å²) in [4.78, 5) is 25.4. The Morgan fingerprint density at radius 3 is 2.86 bits per heavy atom. The third-order valence-electron chi connectivity index (χ3n) is 5.54. The summed E-state index contributed by atoms with van der Waals surface area (Å²) in [5, 5.41) is 17.9. The van der Waals surface area contributed by atoms with Crippen LogP contribution in [-0.4, -0.2) is 49.6 Å². The van der Waals surface area contributed by atoms with Crippen LogP contribution >= 0.6 is 11.3 Å². The number of halogens is 2. The number of pyridine rings is 1. The van der Waals surface area contributed by atoms with Crippen LogP contribution in [0.4, 0.5) is 8.78 Å². The minimum Gasteiger partial charge on any atom is -0.395 e. The standard InChI is InChI=1S/C23H25F2N7O2S/c24-16-6-7-19(25)31-21(16)20(26)17(11-27-15-4-2-1-3-5-15)29-22(34)18-13-35-23(30-18)14-10-28-32(12-14)8-9-33/h6-7,10-13,15,33H,1-5,8-9,26H2,(H,29,34)/b20-17+,27-11?. The first-order chi connectivity index (χ1) is 16.9. The van der Waals surface area contributed by atoms with Gasteiger partial charge in [0.1, 0.15) is 16.4 Å². The highest BCUT2D eigenvalue weighted by Crippen LogP contribution is 2.24. The van der Waals surface area contributed by atoms with Crippen molar-refractivity contribution in [3.8, 4) is 10.6 Å². The van der Waals surface area contributed by atoms with Gasteiger partial charge in [-0.05, 0) is 25.0 Å². The lowest BCUT2D eigenvalue weighted by atomic mass is 9.96. The topological polar surface area (TPSA) is 131 Å². The fraction of sp³-hybridized carbons (Fsp3) is 0.348. The van der Waals surface area contributed by atoms with E-state index in [2.05, 4.69) is 25.4 Å². The lowest BCUT2D eigenvalue weighted by Crippen LogP contribution is -2.27. The van der Waals surface area contributed by atoms with Crippen molar-refractivity contribution < 1.29 is 18.7 Å². The van der Waals surface area contributed by atoms with Crippen LogP contribution in [0.3, 0.4) is 0 Å². The van der Waals surface area contributed by atoms with E-state index in [0.717, 1.165) is 44.2 Å². The van der Waals surface area contributed by atoms with Crippen molar-refractivity contribution in [3.63, 3.8) is 0 Å². The number of aliphatic hydroxyl groups is 1. The Hall–Kier alpha value is -3.51. The van der Waals surface area contributed by atoms with Crippen LogP contribution < -0.4 is 11.1 Å². The molecule has 3 aromatic rings. The van der Waals surface area contributed by atoms with Crippen LogP contribution in [-0.2, 0) is 6.54 Å². The van der Waals surface area contributed by atoms with Crippen LogP contribution in [0.1, 0.15) is 48.3 Å². The van der Waals surface area contributed by atoms with Crippen molar-refractivity contribution in [2.24, 2.45) is 10.7 Å². The molecule has 0 bridgehead atoms. The van der Waals surface area contributed by atoms with E-state index in [1.807, 2.05) is 0 Å². The minimum atomic E-state index is -0.898. The highest BCUT2D eigenvalue weighted by Gasteiger charge is 2.19. The summed E-state index contributed by atoms with van der Waals surface area (Å²) in [6.45, 7) is 0.295. The molecule has 4 rings (SSSR count). The predicted molar refractivity (Wildman–Crippen MR) is 129 cm³/mol. The van der Waals surface area contributed by atoms with Gasteiger partial charge in [0.2, 0.25) is 5.95 Å². The molecule has 0 aromatic carbocycles. The third kappa shape index (κ3) is 6.14. The van der Waals surface area contributed by atoms with E-state index in [0.29, 0.717) is 17.1 Å². The number of nitrogens with zero attached hydrogens (tertiary/aromatic N) is 5. The first-order valence-corrected chi connectivity index (χ1v) is 12.1. The zero-order valence-electron chi connectivity index (χ0n) is 18.8. The van der Waals surface area contributed by atoms with Crippen molar-refractivity contribution >= 4 is 29.2 Å². The van der Waals surface area contributed by atoms with Gasteiger partial charge in [-0.25, -0.2) is 14.4 Å². The molecule has 0 radical (unpaired) electrons. The Bertz CT molecular complexity index is 1250. The van der Waals surface area contributed by atoms with Crippen LogP contribution in [0, 0.1) is 11.8 Å². The molecule has 1 aliphatic rings. The lowest BCUT2D eigenvalue weighted by molar-refractivity contribution is 0.0964. The average molecular weight is 502 g/mol. The number of rotatable bonds is 8. The molecule has 0 atom stereocenters. The van der Waals surface area contributed by atoms with Gasteiger partial charge in [-0.15, -0.1) is 11.3 Å². The summed E-state index contributed by atoms with van der Waals surface area (Å²) in [6.07, 6.45) is 9.77. The van der Waals surface area contributed by atoms with Crippen LogP contribution in [0.25, 0.3) is 16.3 Å². The molecule has 3 aromatic heterocycles. The second-order valence-electron chi connectivity index (χ2n) is 8.07. The summed E-state index contributed by atoms with van der Waals surface area (Å²) in [5.41, 5.74) is 6.31. The molecule has 35 heavy (non-hydrogen) atoms. The van der Waals surface area contributed by atoms with Crippen LogP contribution in [0.2, 0.25) is 0 Å². The number of aromatic nitrogens is 4. The first-order valence-electron chi connectivity index (χ1n) is 11.2. The van der Waals surface area contributed by atoms with Crippen LogP contribution in [0.15, 0.2) is 40.6 Å². The molecular formula is C23H25F2N7O2S. The number of hydrogen-bond donors (Lipinski definition) is 3. The number of carbonyl (C=O) groups excluding carboxylic acids is 1. The smallest absolute Gasteiger partial charge is 0.275 e. The van der Waals surface area contributed by atoms with Crippen molar-refractivity contribution in [1.29, 1.82) is 0 Å². The second kappa shape index (κ2) is 11.3. The van der Waals surface area contributed by atoms with Crippen molar-refractivity contribution in [1.82, 2.24) is 25.1 Å². The summed E-state index contributed by atoms with van der Waals surface area (Å²) < 4.78 is 29.6. The number of allylic oxidation sites excluding steroid dienone is 1. The summed E-state index contributed by atoms with van der Waals surface area (Å²) in [5.74, 6) is -2.30. The van der Waals surface area contributed by atoms with Gasteiger partial charge in [-0.3, -0.25) is 14.5 Å². The van der Waals surface area contributed by atoms with Gasteiger partial charge in [-0.2, -0.15) is 9.49 Å². The molecule has 1 amide bonds. The minimum absolute atomic E-state index is 0.0166. The molecular weight excluding hydrogens is 476 g/mol. The summed E-state index contributed by atoms with van der Waals surface area (Å²) in [7, 11) is 0. The van der Waals surface area contributed by atoms with Gasteiger partial charge in [0.25, 0.3) is 5.91 Å². The number of aliphatic imine (C=N–C) groups is 1. The van der Waals surface area contributed by atoms with E-state index in [4.69, 9.17) is 10.8 Å². The molecule has 9 nitrogen and oxygen atoms in total. The molecule has 3 heterocycles. The highest BCUT2D eigenvalue weighted by molar-refractivity contribution is 7.13. The Balaban J connectivity index is 1.60. The lowest BCUT2D eigenvalue weighted by Gasteiger charge is -2.18. The number of carbonyl (C=O) groups is 1. The number of nitrogens with two attached hydrogens (primary N) is 1. The fourth-order valence-electron chi connectivity index (χ4n) is 3.71. The molecule has 1 aliphatic carbocycles. The first kappa shape index (κ1) is 24.6. The van der Waals surface area contributed by atoms with E-state index in [1.165, 1.54) is 17.6 Å². The second-order valence-corrected chi connectivity index (χ2v) is 8.93. The van der Waals surface area contributed by atoms with Crippen LogP contribution in [0.5, 0.6) is 0 Å². The van der Waals surface area contributed by atoms with Gasteiger partial charge in [-0.1, -0.05) is 19.3 Å². The number of thiazole rings is 1. The summed E-state index contributed by atoms with van der Waals surface area (Å²) in [6, 6.07) is 1.88. The van der Waals surface area contributed by atoms with Gasteiger partial charge in [0.05, 0.1) is 36.8 Å². The fourth-order valence-corrected chi connectivity index (χ4v) is 4.49. The number of aliphatic hydroxyl groups excluding tert-OH is 1. The number of nitrogens with one attached hydrogen (secondary N) is 1. The SMILES string of the molecule is N/C(=C(\C=NC1CCCCC1)NC(=O)c1csc(-c2cnn(CCO)c2)n1)c1nc(F)ccc1F. The molecule has 0 aliphatic heterocycles. The third-order valence-corrected chi connectivity index (χ3v) is 6.43. The Morgan fingerprint density at radius 2 is 2.09 bits per heavy atom. The maximum Gasteiger partial charge on any atom is 0.275 e. The van der Waals surface area contributed by atoms with Crippen molar-refractivity contribution in [2.45, 2.75) is 44.7 Å². The molecule has 184 valence electrons. The molecule has 0 spiro atoms. The van der Waals surface area contributed by atoms with E-state index in [-0.39, 0.29) is 29.7 Å². The normalized spacial score (nSPS) is 15.4. The average Bonchev–Trinajstić information content (AvgIpc) is 3.54. The summed E-state index contributed by atoms with van der Waals surface area (Å²) >= 11 is 1.24. The van der Waals surface area contributed by atoms with E-state index in [1.54, 1.807) is 22.5 Å². The predicted octanol–water partition coefficient (Wildman–Crippen LogP) is 3.13. The van der Waals surface area contributed by atoms with E-state index >= 15 is 0 Å². The van der Waals surface area contributed by atoms with Gasteiger partial charge >= 0.3 is 0 Å². The molecule has 0 saturated heterocycles. The molecule has 0 unspecified atom stereocenters. The van der Waals surface area contributed by atoms with Gasteiger partial charge in [0.15, 0.2) is 5.82 Å². The van der Waals surface area contributed by atoms with Crippen molar-refractivity contribution in [3.05, 3.63) is 58.8 Å². The molecule has 4 N–H and O–H groups in total. The highest BCUT2D eigenvalue weighted by atomic mass is 32.1. The van der Waals surface area contributed by atoms with Crippen molar-refractivity contribution in [2.75, 3.05) is 6.61 Å². The molecule has 12 heteroatoms.